The van der Waals surface area contributed by atoms with Crippen LogP contribution in [-0.2, 0) is 9.59 Å². The zero-order valence-electron chi connectivity index (χ0n) is 16.5. The summed E-state index contributed by atoms with van der Waals surface area (Å²) < 4.78 is 19.2. The monoisotopic (exact) mass is 427 g/mol. The number of para-hydroxylation sites is 1. The lowest BCUT2D eigenvalue weighted by Gasteiger charge is -2.15. The van der Waals surface area contributed by atoms with Gasteiger partial charge in [-0.3, -0.25) is 14.5 Å². The number of aliphatic imine (C=N–C) groups is 1. The maximum Gasteiger partial charge on any atom is 0.242 e. The molecule has 1 N–H and O–H groups in total. The number of anilines is 1. The van der Waals surface area contributed by atoms with Gasteiger partial charge in [-0.25, -0.2) is 9.38 Å². The van der Waals surface area contributed by atoms with Gasteiger partial charge in [-0.05, 0) is 56.2 Å². The van der Waals surface area contributed by atoms with Gasteiger partial charge in [-0.1, -0.05) is 23.9 Å². The Bertz CT molecular complexity index is 976. The van der Waals surface area contributed by atoms with Gasteiger partial charge >= 0.3 is 0 Å². The van der Waals surface area contributed by atoms with Gasteiger partial charge in [0.25, 0.3) is 0 Å². The molecule has 1 unspecified atom stereocenters. The molecule has 2 aromatic carbocycles. The summed E-state index contributed by atoms with van der Waals surface area (Å²) in [6, 6.07) is 13.5. The zero-order chi connectivity index (χ0) is 21.1. The topological polar surface area (TPSA) is 71.0 Å². The van der Waals surface area contributed by atoms with Gasteiger partial charge in [0.05, 0.1) is 18.0 Å². The first-order chi connectivity index (χ1) is 14.5. The molecule has 2 fully saturated rings. The molecular weight excluding hydrogens is 405 g/mol. The molecule has 8 heteroatoms. The number of carbonyl (C=O) groups is 2. The average Bonchev–Trinajstić information content (AvgIpc) is 3.51. The first kappa shape index (κ1) is 20.4. The van der Waals surface area contributed by atoms with Crippen molar-refractivity contribution in [2.45, 2.75) is 37.5 Å². The van der Waals surface area contributed by atoms with Crippen LogP contribution >= 0.6 is 11.8 Å². The summed E-state index contributed by atoms with van der Waals surface area (Å²) in [4.78, 5) is 31.7. The average molecular weight is 428 g/mol. The van der Waals surface area contributed by atoms with E-state index in [1.54, 1.807) is 17.0 Å². The van der Waals surface area contributed by atoms with Crippen molar-refractivity contribution in [3.05, 3.63) is 54.3 Å². The molecule has 30 heavy (non-hydrogen) atoms. The van der Waals surface area contributed by atoms with E-state index in [0.717, 1.165) is 24.3 Å². The van der Waals surface area contributed by atoms with Gasteiger partial charge in [0.2, 0.25) is 11.8 Å². The fourth-order valence-electron chi connectivity index (χ4n) is 3.19. The van der Waals surface area contributed by atoms with Crippen LogP contribution in [0.5, 0.6) is 5.75 Å². The Hall–Kier alpha value is -2.87. The summed E-state index contributed by atoms with van der Waals surface area (Å²) in [5.74, 6) is -0.258. The van der Waals surface area contributed by atoms with Crippen molar-refractivity contribution in [1.82, 2.24) is 4.90 Å². The van der Waals surface area contributed by atoms with E-state index in [4.69, 9.17) is 4.74 Å². The van der Waals surface area contributed by atoms with Crippen molar-refractivity contribution in [1.29, 1.82) is 0 Å². The van der Waals surface area contributed by atoms with Crippen molar-refractivity contribution >= 4 is 40.1 Å². The van der Waals surface area contributed by atoms with Crippen molar-refractivity contribution in [3.8, 4) is 5.75 Å². The quantitative estimate of drug-likeness (QED) is 0.713. The third-order valence-corrected chi connectivity index (χ3v) is 5.92. The highest BCUT2D eigenvalue weighted by Gasteiger charge is 2.46. The molecule has 1 saturated carbocycles. The first-order valence-electron chi connectivity index (χ1n) is 9.91. The maximum atomic E-state index is 13.8. The van der Waals surface area contributed by atoms with E-state index >= 15 is 0 Å². The molecule has 0 spiro atoms. The van der Waals surface area contributed by atoms with Crippen LogP contribution in [0.1, 0.15) is 26.2 Å². The maximum absolute atomic E-state index is 13.8. The second-order valence-electron chi connectivity index (χ2n) is 7.10. The minimum absolute atomic E-state index is 0.0383. The SMILES string of the molecule is CCOc1ccc(N=C2SC(CC(=O)Nc3ccccc3F)C(=O)N2C2CC2)cc1. The van der Waals surface area contributed by atoms with Crippen LogP contribution in [0.15, 0.2) is 53.5 Å². The van der Waals surface area contributed by atoms with Gasteiger partial charge in [0.15, 0.2) is 5.17 Å². The van der Waals surface area contributed by atoms with Gasteiger partial charge in [0.1, 0.15) is 16.8 Å². The third-order valence-electron chi connectivity index (χ3n) is 4.77. The van der Waals surface area contributed by atoms with Crippen LogP contribution in [0.4, 0.5) is 15.8 Å². The number of amidine groups is 1. The molecule has 0 bridgehead atoms. The third kappa shape index (κ3) is 4.64. The van der Waals surface area contributed by atoms with Crippen molar-refractivity contribution < 1.29 is 18.7 Å². The van der Waals surface area contributed by atoms with E-state index in [2.05, 4.69) is 10.3 Å². The smallest absolute Gasteiger partial charge is 0.242 e. The molecule has 4 rings (SSSR count). The Morgan fingerprint density at radius 2 is 1.97 bits per heavy atom. The number of benzene rings is 2. The van der Waals surface area contributed by atoms with Crippen molar-refractivity contribution in [3.63, 3.8) is 0 Å². The largest absolute Gasteiger partial charge is 0.494 e. The second-order valence-corrected chi connectivity index (χ2v) is 8.27. The number of nitrogens with zero attached hydrogens (tertiary/aromatic N) is 2. The van der Waals surface area contributed by atoms with Crippen molar-refractivity contribution in [2.24, 2.45) is 4.99 Å². The predicted molar refractivity (Wildman–Crippen MR) is 116 cm³/mol. The van der Waals surface area contributed by atoms with Gasteiger partial charge in [0, 0.05) is 12.5 Å². The molecule has 1 saturated heterocycles. The zero-order valence-corrected chi connectivity index (χ0v) is 17.3. The van der Waals surface area contributed by atoms with E-state index in [1.807, 2.05) is 31.2 Å². The standard InChI is InChI=1S/C22H22FN3O3S/c1-2-29-16-11-7-14(8-12-16)24-22-26(15-9-10-15)21(28)19(30-22)13-20(27)25-18-6-4-3-5-17(18)23/h3-8,11-12,15,19H,2,9-10,13H2,1H3,(H,25,27). The number of hydrogen-bond donors (Lipinski definition) is 1. The van der Waals surface area contributed by atoms with Crippen LogP contribution in [0, 0.1) is 5.82 Å². The summed E-state index contributed by atoms with van der Waals surface area (Å²) >= 11 is 1.29. The molecular formula is C22H22FN3O3S. The Kier molecular flexibility index (Phi) is 6.03. The lowest BCUT2D eigenvalue weighted by molar-refractivity contribution is -0.128. The summed E-state index contributed by atoms with van der Waals surface area (Å²) in [5.41, 5.74) is 0.830. The second kappa shape index (κ2) is 8.87. The molecule has 1 aliphatic heterocycles. The Labute approximate surface area is 178 Å². The summed E-state index contributed by atoms with van der Waals surface area (Å²) in [6.45, 7) is 2.51. The normalized spacial score (nSPS) is 19.9. The number of thioether (sulfide) groups is 1. The molecule has 1 atom stereocenters. The highest BCUT2D eigenvalue weighted by Crippen LogP contribution is 2.39. The summed E-state index contributed by atoms with van der Waals surface area (Å²) in [5, 5.41) is 2.58. The van der Waals surface area contributed by atoms with Crippen LogP contribution < -0.4 is 10.1 Å². The van der Waals surface area contributed by atoms with E-state index < -0.39 is 17.0 Å². The van der Waals surface area contributed by atoms with Crippen LogP contribution in [0.25, 0.3) is 0 Å². The van der Waals surface area contributed by atoms with Gasteiger partial charge in [-0.2, -0.15) is 0 Å². The molecule has 1 aliphatic carbocycles. The number of ether oxygens (including phenoxy) is 1. The van der Waals surface area contributed by atoms with Crippen LogP contribution in [0.2, 0.25) is 0 Å². The fraction of sp³-hybridized carbons (Fsp3) is 0.318. The minimum atomic E-state index is -0.571. The predicted octanol–water partition coefficient (Wildman–Crippen LogP) is 4.35. The van der Waals surface area contributed by atoms with Crippen LogP contribution in [-0.4, -0.2) is 39.8 Å². The Morgan fingerprint density at radius 1 is 1.23 bits per heavy atom. The van der Waals surface area contributed by atoms with Gasteiger partial charge in [-0.15, -0.1) is 0 Å². The van der Waals surface area contributed by atoms with E-state index in [-0.39, 0.29) is 24.1 Å². The molecule has 2 aliphatic rings. The highest BCUT2D eigenvalue weighted by molar-refractivity contribution is 8.15. The number of nitrogens with one attached hydrogen (secondary N) is 1. The molecule has 6 nitrogen and oxygen atoms in total. The minimum Gasteiger partial charge on any atom is -0.494 e. The highest BCUT2D eigenvalue weighted by atomic mass is 32.2. The number of carbonyl (C=O) groups excluding carboxylic acids is 2. The fourth-order valence-corrected chi connectivity index (χ4v) is 4.40. The van der Waals surface area contributed by atoms with Crippen LogP contribution in [0.3, 0.4) is 0 Å². The number of amides is 2. The lowest BCUT2D eigenvalue weighted by atomic mass is 10.2. The van der Waals surface area contributed by atoms with E-state index in [1.165, 1.54) is 23.9 Å². The summed E-state index contributed by atoms with van der Waals surface area (Å²) in [6.07, 6.45) is 1.83. The van der Waals surface area contributed by atoms with E-state index in [9.17, 15) is 14.0 Å². The Morgan fingerprint density at radius 3 is 2.63 bits per heavy atom. The molecule has 0 aromatic heterocycles. The van der Waals surface area contributed by atoms with Gasteiger partial charge < -0.3 is 10.1 Å². The number of rotatable bonds is 7. The molecule has 2 aromatic rings. The lowest BCUT2D eigenvalue weighted by Crippen LogP contribution is -2.35. The molecule has 1 heterocycles. The van der Waals surface area contributed by atoms with Crippen molar-refractivity contribution in [2.75, 3.05) is 11.9 Å². The molecule has 156 valence electrons. The number of hydrogen-bond acceptors (Lipinski definition) is 5. The summed E-state index contributed by atoms with van der Waals surface area (Å²) in [7, 11) is 0. The number of halogens is 1. The Balaban J connectivity index is 1.47. The molecule has 0 radical (unpaired) electrons. The first-order valence-corrected chi connectivity index (χ1v) is 10.8. The molecule has 2 amide bonds. The van der Waals surface area contributed by atoms with E-state index in [0.29, 0.717) is 11.8 Å².